The van der Waals surface area contributed by atoms with Crippen LogP contribution < -0.4 is 10.4 Å². The topological polar surface area (TPSA) is 107 Å². The van der Waals surface area contributed by atoms with E-state index in [-0.39, 0.29) is 16.2 Å². The zero-order valence-electron chi connectivity index (χ0n) is 15.0. The summed E-state index contributed by atoms with van der Waals surface area (Å²) >= 11 is 0.736. The highest BCUT2D eigenvalue weighted by Gasteiger charge is 2.36. The van der Waals surface area contributed by atoms with E-state index in [4.69, 9.17) is 0 Å². The number of aromatic carboxylic acids is 1. The number of anilines is 1. The maximum Gasteiger partial charge on any atom is 0.294 e. The summed E-state index contributed by atoms with van der Waals surface area (Å²) in [7, 11) is 0. The summed E-state index contributed by atoms with van der Waals surface area (Å²) in [5.41, 5.74) is 0.778. The monoisotopic (exact) mass is 407 g/mol. The number of amides is 3. The first-order valence-electron chi connectivity index (χ1n) is 8.53. The summed E-state index contributed by atoms with van der Waals surface area (Å²) in [4.78, 5) is 48.9. The van der Waals surface area contributed by atoms with Gasteiger partial charge in [0.2, 0.25) is 5.91 Å². The molecule has 0 aromatic heterocycles. The highest BCUT2D eigenvalue weighted by molar-refractivity contribution is 8.18. The van der Waals surface area contributed by atoms with E-state index in [2.05, 4.69) is 5.32 Å². The molecular weight excluding hydrogens is 392 g/mol. The number of carbonyl (C=O) groups excluding carboxylic acids is 4. The number of hydrogen-bond acceptors (Lipinski definition) is 6. The molecule has 1 heterocycles. The van der Waals surface area contributed by atoms with Gasteiger partial charge in [0.05, 0.1) is 10.9 Å². The lowest BCUT2D eigenvalue weighted by Gasteiger charge is -2.14. The highest BCUT2D eigenvalue weighted by atomic mass is 32.2. The molecule has 7 nitrogen and oxygen atoms in total. The van der Waals surface area contributed by atoms with E-state index in [9.17, 15) is 24.3 Å². The average molecular weight is 407 g/mol. The van der Waals surface area contributed by atoms with Gasteiger partial charge in [-0.1, -0.05) is 60.7 Å². The molecule has 0 radical (unpaired) electrons. The lowest BCUT2D eigenvalue weighted by Crippen LogP contribution is -2.36. The van der Waals surface area contributed by atoms with Crippen LogP contribution in [-0.4, -0.2) is 34.5 Å². The van der Waals surface area contributed by atoms with Crippen LogP contribution in [0.2, 0.25) is 0 Å². The Morgan fingerprint density at radius 1 is 1.03 bits per heavy atom. The van der Waals surface area contributed by atoms with Gasteiger partial charge < -0.3 is 15.2 Å². The predicted molar refractivity (Wildman–Crippen MR) is 108 cm³/mol. The van der Waals surface area contributed by atoms with Crippen LogP contribution in [0.4, 0.5) is 10.5 Å². The molecule has 0 saturated carbocycles. The molecule has 0 unspecified atom stereocenters. The zero-order chi connectivity index (χ0) is 20.8. The Bertz CT molecular complexity index is 1030. The van der Waals surface area contributed by atoms with Crippen molar-refractivity contribution in [3.8, 4) is 0 Å². The molecule has 1 aliphatic heterocycles. The van der Waals surface area contributed by atoms with Crippen LogP contribution >= 0.6 is 11.8 Å². The summed E-state index contributed by atoms with van der Waals surface area (Å²) < 4.78 is 0. The van der Waals surface area contributed by atoms with Gasteiger partial charge in [-0.15, -0.1) is 0 Å². The Kier molecular flexibility index (Phi) is 6.25. The van der Waals surface area contributed by atoms with E-state index >= 15 is 0 Å². The highest BCUT2D eigenvalue weighted by Crippen LogP contribution is 2.30. The van der Waals surface area contributed by atoms with Crippen LogP contribution in [0.15, 0.2) is 71.7 Å². The van der Waals surface area contributed by atoms with Gasteiger partial charge in [-0.05, 0) is 29.5 Å². The van der Waals surface area contributed by atoms with Crippen molar-refractivity contribution in [3.63, 3.8) is 0 Å². The molecule has 1 aliphatic rings. The fourth-order valence-electron chi connectivity index (χ4n) is 2.56. The van der Waals surface area contributed by atoms with Crippen LogP contribution in [0.5, 0.6) is 0 Å². The zero-order valence-corrected chi connectivity index (χ0v) is 15.8. The first kappa shape index (κ1) is 20.1. The van der Waals surface area contributed by atoms with Crippen molar-refractivity contribution in [2.24, 2.45) is 0 Å². The lowest BCUT2D eigenvalue weighted by atomic mass is 10.2. The Balaban J connectivity index is 1.66. The van der Waals surface area contributed by atoms with Gasteiger partial charge in [-0.2, -0.15) is 0 Å². The van der Waals surface area contributed by atoms with E-state index in [1.807, 2.05) is 30.3 Å². The van der Waals surface area contributed by atoms with Crippen molar-refractivity contribution >= 4 is 46.5 Å². The second-order valence-electron chi connectivity index (χ2n) is 5.94. The minimum absolute atomic E-state index is 0.0332. The third-order valence-electron chi connectivity index (χ3n) is 3.93. The minimum Gasteiger partial charge on any atom is -0.545 e. The molecular formula is C21H15N2O5S-. The van der Waals surface area contributed by atoms with Crippen LogP contribution in [0.25, 0.3) is 6.08 Å². The first-order chi connectivity index (χ1) is 14.0. The van der Waals surface area contributed by atoms with E-state index in [1.165, 1.54) is 24.3 Å². The fraction of sp³-hybridized carbons (Fsp3) is 0.0476. The van der Waals surface area contributed by atoms with Crippen molar-refractivity contribution in [2.75, 3.05) is 11.9 Å². The number of imide groups is 1. The van der Waals surface area contributed by atoms with Crippen LogP contribution in [0.1, 0.15) is 15.9 Å². The molecule has 3 rings (SSSR count). The second-order valence-corrected chi connectivity index (χ2v) is 6.93. The molecule has 29 heavy (non-hydrogen) atoms. The van der Waals surface area contributed by atoms with Crippen molar-refractivity contribution in [1.82, 2.24) is 4.90 Å². The Hall–Kier alpha value is -3.65. The summed E-state index contributed by atoms with van der Waals surface area (Å²) in [6.07, 6.45) is 4.96. The predicted octanol–water partition coefficient (Wildman–Crippen LogP) is 2.28. The average Bonchev–Trinajstić information content (AvgIpc) is 2.96. The van der Waals surface area contributed by atoms with Crippen molar-refractivity contribution in [3.05, 3.63) is 82.8 Å². The molecule has 1 N–H and O–H groups in total. The molecule has 0 spiro atoms. The van der Waals surface area contributed by atoms with Gasteiger partial charge in [0.25, 0.3) is 11.1 Å². The number of rotatable bonds is 6. The Morgan fingerprint density at radius 2 is 1.72 bits per heavy atom. The van der Waals surface area contributed by atoms with Gasteiger partial charge in [0.15, 0.2) is 0 Å². The van der Waals surface area contributed by atoms with Crippen LogP contribution in [0, 0.1) is 0 Å². The normalized spacial score (nSPS) is 15.3. The quantitative estimate of drug-likeness (QED) is 0.737. The van der Waals surface area contributed by atoms with Gasteiger partial charge in [0, 0.05) is 11.3 Å². The molecule has 0 bridgehead atoms. The number of nitrogens with zero attached hydrogens (tertiary/aromatic N) is 1. The molecule has 3 amide bonds. The Labute approximate surface area is 170 Å². The number of allylic oxidation sites excluding steroid dienone is 2. The number of benzene rings is 2. The van der Waals surface area contributed by atoms with Gasteiger partial charge in [0.1, 0.15) is 6.54 Å². The first-order valence-corrected chi connectivity index (χ1v) is 9.34. The molecule has 2 aromatic rings. The molecule has 146 valence electrons. The van der Waals surface area contributed by atoms with Crippen molar-refractivity contribution < 1.29 is 24.3 Å². The second kappa shape index (κ2) is 9.03. The van der Waals surface area contributed by atoms with E-state index < -0.39 is 29.6 Å². The van der Waals surface area contributed by atoms with Crippen LogP contribution in [-0.2, 0) is 9.59 Å². The van der Waals surface area contributed by atoms with Gasteiger partial charge in [-0.25, -0.2) is 0 Å². The van der Waals surface area contributed by atoms with Crippen molar-refractivity contribution in [1.29, 1.82) is 0 Å². The molecule has 2 aromatic carbocycles. The van der Waals surface area contributed by atoms with Crippen molar-refractivity contribution in [2.45, 2.75) is 0 Å². The maximum atomic E-state index is 12.4. The van der Waals surface area contributed by atoms with Gasteiger partial charge >= 0.3 is 0 Å². The summed E-state index contributed by atoms with van der Waals surface area (Å²) in [6, 6.07) is 15.2. The number of carbonyl (C=O) groups is 4. The summed E-state index contributed by atoms with van der Waals surface area (Å²) in [5.74, 6) is -2.72. The molecule has 1 fully saturated rings. The number of thioether (sulfide) groups is 1. The number of carboxylic acid groups (broad SMARTS) is 1. The molecule has 0 aliphatic carbocycles. The van der Waals surface area contributed by atoms with E-state index in [1.54, 1.807) is 18.2 Å². The third kappa shape index (κ3) is 4.99. The number of nitrogens with one attached hydrogen (secondary N) is 1. The van der Waals surface area contributed by atoms with Gasteiger partial charge in [-0.3, -0.25) is 19.3 Å². The van der Waals surface area contributed by atoms with Crippen LogP contribution in [0.3, 0.4) is 0 Å². The lowest BCUT2D eigenvalue weighted by molar-refractivity contribution is -0.254. The minimum atomic E-state index is -1.44. The largest absolute Gasteiger partial charge is 0.545 e. The smallest absolute Gasteiger partial charge is 0.294 e. The Morgan fingerprint density at radius 3 is 2.45 bits per heavy atom. The number of carboxylic acids is 1. The fourth-order valence-corrected chi connectivity index (χ4v) is 3.35. The SMILES string of the molecule is O=C(CN1C(=O)SC(=CC=Cc2ccccc2)C1=O)Nc1ccccc1C(=O)[O-]. The summed E-state index contributed by atoms with van der Waals surface area (Å²) in [6.45, 7) is -0.522. The maximum absolute atomic E-state index is 12.4. The third-order valence-corrected chi connectivity index (χ3v) is 4.86. The number of hydrogen-bond donors (Lipinski definition) is 1. The molecule has 0 atom stereocenters. The summed E-state index contributed by atoms with van der Waals surface area (Å²) in [5, 5.41) is 12.9. The molecule has 8 heteroatoms. The number of para-hydroxylation sites is 1. The molecule has 1 saturated heterocycles. The van der Waals surface area contributed by atoms with E-state index in [0.29, 0.717) is 0 Å². The van der Waals surface area contributed by atoms with E-state index in [0.717, 1.165) is 22.2 Å². The standard InChI is InChI=1S/C21H16N2O5S/c24-18(22-16-11-5-4-10-15(16)20(26)27)13-23-19(25)17(29-21(23)28)12-6-9-14-7-2-1-3-8-14/h1-12H,13H2,(H,22,24)(H,26,27)/p-1.